The molecule has 1 aromatic carbocycles. The van der Waals surface area contributed by atoms with Crippen LogP contribution in [0.2, 0.25) is 0 Å². The summed E-state index contributed by atoms with van der Waals surface area (Å²) in [5, 5.41) is 3.46. The quantitative estimate of drug-likeness (QED) is 0.896. The molecule has 1 aliphatic rings. The van der Waals surface area contributed by atoms with E-state index < -0.39 is 0 Å². The first-order valence-electron chi connectivity index (χ1n) is 6.67. The highest BCUT2D eigenvalue weighted by Gasteiger charge is 2.12. The summed E-state index contributed by atoms with van der Waals surface area (Å²) in [7, 11) is 3.88. The van der Waals surface area contributed by atoms with Gasteiger partial charge in [-0.25, -0.2) is 0 Å². The van der Waals surface area contributed by atoms with Crippen LogP contribution in [-0.2, 0) is 0 Å². The molecule has 1 saturated heterocycles. The number of anilines is 1. The number of methoxy groups -OCH3 is 1. The zero-order valence-corrected chi connectivity index (χ0v) is 13.2. The van der Waals surface area contributed by atoms with Gasteiger partial charge >= 0.3 is 0 Å². The van der Waals surface area contributed by atoms with E-state index in [1.807, 2.05) is 18.2 Å². The Hall–Kier alpha value is -0.780. The fraction of sp³-hybridized carbons (Fsp3) is 0.571. The minimum absolute atomic E-state index is 0.880. The molecule has 0 spiro atoms. The zero-order valence-electron chi connectivity index (χ0n) is 11.7. The van der Waals surface area contributed by atoms with Crippen LogP contribution in [0.5, 0.6) is 5.75 Å². The number of rotatable bonds is 5. The predicted octanol–water partition coefficient (Wildman–Crippen LogP) is 2.12. The van der Waals surface area contributed by atoms with E-state index >= 15 is 0 Å². The van der Waals surface area contributed by atoms with E-state index in [-0.39, 0.29) is 0 Å². The van der Waals surface area contributed by atoms with E-state index in [0.717, 1.165) is 42.1 Å². The van der Waals surface area contributed by atoms with Gasteiger partial charge in [0.2, 0.25) is 0 Å². The van der Waals surface area contributed by atoms with E-state index in [0.29, 0.717) is 0 Å². The average molecular weight is 328 g/mol. The van der Waals surface area contributed by atoms with Crippen LogP contribution in [0.1, 0.15) is 0 Å². The summed E-state index contributed by atoms with van der Waals surface area (Å²) in [5.74, 6) is 0.880. The SMILES string of the molecule is COc1ccc(Br)c(NCCN2CCN(C)CC2)c1. The number of nitrogens with zero attached hydrogens (tertiary/aromatic N) is 2. The lowest BCUT2D eigenvalue weighted by atomic mass is 10.3. The van der Waals surface area contributed by atoms with Gasteiger partial charge in [-0.15, -0.1) is 0 Å². The minimum atomic E-state index is 0.880. The summed E-state index contributed by atoms with van der Waals surface area (Å²) < 4.78 is 6.32. The van der Waals surface area contributed by atoms with Gasteiger partial charge in [-0.2, -0.15) is 0 Å². The molecule has 0 bridgehead atoms. The standard InChI is InChI=1S/C14H22BrN3O/c1-17-7-9-18(10-8-17)6-5-16-14-11-12(19-2)3-4-13(14)15/h3-4,11,16H,5-10H2,1-2H3. The summed E-state index contributed by atoms with van der Waals surface area (Å²) in [6.07, 6.45) is 0. The lowest BCUT2D eigenvalue weighted by Gasteiger charge is -2.32. The Balaban J connectivity index is 1.79. The second-order valence-corrected chi connectivity index (χ2v) is 5.77. The smallest absolute Gasteiger partial charge is 0.121 e. The van der Waals surface area contributed by atoms with Gasteiger partial charge in [0.05, 0.1) is 12.8 Å². The molecule has 0 saturated carbocycles. The van der Waals surface area contributed by atoms with Crippen molar-refractivity contribution >= 4 is 21.6 Å². The van der Waals surface area contributed by atoms with E-state index in [1.165, 1.54) is 13.1 Å². The Bertz CT molecular complexity index is 406. The number of halogens is 1. The molecule has 4 nitrogen and oxygen atoms in total. The van der Waals surface area contributed by atoms with Gasteiger partial charge in [0, 0.05) is 49.8 Å². The number of nitrogens with one attached hydrogen (secondary N) is 1. The molecule has 19 heavy (non-hydrogen) atoms. The summed E-state index contributed by atoms with van der Waals surface area (Å²) in [5.41, 5.74) is 1.09. The first-order valence-corrected chi connectivity index (χ1v) is 7.46. The first-order chi connectivity index (χ1) is 9.19. The Morgan fingerprint density at radius 1 is 1.26 bits per heavy atom. The number of benzene rings is 1. The van der Waals surface area contributed by atoms with Crippen LogP contribution in [-0.4, -0.2) is 63.2 Å². The predicted molar refractivity (Wildman–Crippen MR) is 83.1 cm³/mol. The molecule has 0 atom stereocenters. The van der Waals surface area contributed by atoms with Crippen molar-refractivity contribution in [2.24, 2.45) is 0 Å². The molecule has 0 aromatic heterocycles. The van der Waals surface area contributed by atoms with Gasteiger partial charge in [-0.3, -0.25) is 4.90 Å². The molecule has 0 amide bonds. The highest BCUT2D eigenvalue weighted by Crippen LogP contribution is 2.26. The molecule has 1 N–H and O–H groups in total. The van der Waals surface area contributed by atoms with Crippen molar-refractivity contribution in [3.05, 3.63) is 22.7 Å². The molecule has 0 aliphatic carbocycles. The molecule has 2 rings (SSSR count). The van der Waals surface area contributed by atoms with Crippen LogP contribution in [0.15, 0.2) is 22.7 Å². The maximum Gasteiger partial charge on any atom is 0.121 e. The Kier molecular flexibility index (Phi) is 5.48. The van der Waals surface area contributed by atoms with Crippen molar-refractivity contribution in [1.82, 2.24) is 9.80 Å². The van der Waals surface area contributed by atoms with Crippen molar-refractivity contribution in [2.75, 3.05) is 58.7 Å². The highest BCUT2D eigenvalue weighted by atomic mass is 79.9. The second kappa shape index (κ2) is 7.12. The van der Waals surface area contributed by atoms with Gasteiger partial charge in [-0.1, -0.05) is 0 Å². The van der Waals surface area contributed by atoms with Crippen molar-refractivity contribution in [3.8, 4) is 5.75 Å². The molecule has 5 heteroatoms. The molecule has 1 aliphatic heterocycles. The average Bonchev–Trinajstić information content (AvgIpc) is 2.43. The fourth-order valence-corrected chi connectivity index (χ4v) is 2.57. The van der Waals surface area contributed by atoms with Gasteiger partial charge in [0.1, 0.15) is 5.75 Å². The Morgan fingerprint density at radius 3 is 2.68 bits per heavy atom. The molecule has 1 aromatic rings. The first kappa shape index (κ1) is 14.6. The molecule has 1 fully saturated rings. The number of likely N-dealkylation sites (N-methyl/N-ethyl adjacent to an activating group) is 1. The molecule has 106 valence electrons. The zero-order chi connectivity index (χ0) is 13.7. The van der Waals surface area contributed by atoms with E-state index in [2.05, 4.69) is 38.1 Å². The Morgan fingerprint density at radius 2 is 2.00 bits per heavy atom. The van der Waals surface area contributed by atoms with E-state index in [9.17, 15) is 0 Å². The van der Waals surface area contributed by atoms with Crippen LogP contribution in [0, 0.1) is 0 Å². The van der Waals surface area contributed by atoms with E-state index in [4.69, 9.17) is 4.74 Å². The summed E-state index contributed by atoms with van der Waals surface area (Å²) in [4.78, 5) is 4.88. The van der Waals surface area contributed by atoms with E-state index in [1.54, 1.807) is 7.11 Å². The molecular weight excluding hydrogens is 306 g/mol. The van der Waals surface area contributed by atoms with Crippen molar-refractivity contribution in [2.45, 2.75) is 0 Å². The van der Waals surface area contributed by atoms with Crippen molar-refractivity contribution in [1.29, 1.82) is 0 Å². The summed E-state index contributed by atoms with van der Waals surface area (Å²) in [6, 6.07) is 5.99. The third-order valence-corrected chi connectivity index (χ3v) is 4.20. The number of hydrogen-bond acceptors (Lipinski definition) is 4. The molecular formula is C14H22BrN3O. The minimum Gasteiger partial charge on any atom is -0.497 e. The van der Waals surface area contributed by atoms with Crippen LogP contribution in [0.25, 0.3) is 0 Å². The third kappa shape index (κ3) is 4.37. The molecule has 0 radical (unpaired) electrons. The number of hydrogen-bond donors (Lipinski definition) is 1. The van der Waals surface area contributed by atoms with Crippen LogP contribution in [0.4, 0.5) is 5.69 Å². The van der Waals surface area contributed by atoms with Gasteiger partial charge in [0.15, 0.2) is 0 Å². The number of piperazine rings is 1. The van der Waals surface area contributed by atoms with Gasteiger partial charge < -0.3 is 15.0 Å². The monoisotopic (exact) mass is 327 g/mol. The molecule has 1 heterocycles. The third-order valence-electron chi connectivity index (χ3n) is 3.51. The highest BCUT2D eigenvalue weighted by molar-refractivity contribution is 9.10. The van der Waals surface area contributed by atoms with Crippen molar-refractivity contribution < 1.29 is 4.74 Å². The molecule has 0 unspecified atom stereocenters. The van der Waals surface area contributed by atoms with Crippen LogP contribution >= 0.6 is 15.9 Å². The van der Waals surface area contributed by atoms with Crippen LogP contribution < -0.4 is 10.1 Å². The maximum absolute atomic E-state index is 5.24. The fourth-order valence-electron chi connectivity index (χ4n) is 2.19. The largest absolute Gasteiger partial charge is 0.497 e. The van der Waals surface area contributed by atoms with Crippen LogP contribution in [0.3, 0.4) is 0 Å². The maximum atomic E-state index is 5.24. The van der Waals surface area contributed by atoms with Gasteiger partial charge in [-0.05, 0) is 35.1 Å². The Labute approximate surface area is 123 Å². The summed E-state index contributed by atoms with van der Waals surface area (Å²) >= 11 is 3.56. The summed E-state index contributed by atoms with van der Waals surface area (Å²) in [6.45, 7) is 6.70. The van der Waals surface area contributed by atoms with Crippen molar-refractivity contribution in [3.63, 3.8) is 0 Å². The second-order valence-electron chi connectivity index (χ2n) is 4.92. The normalized spacial score (nSPS) is 17.4. The van der Waals surface area contributed by atoms with Gasteiger partial charge in [0.25, 0.3) is 0 Å². The topological polar surface area (TPSA) is 27.7 Å². The number of ether oxygens (including phenoxy) is 1. The lowest BCUT2D eigenvalue weighted by molar-refractivity contribution is 0.158. The lowest BCUT2D eigenvalue weighted by Crippen LogP contribution is -2.45.